The van der Waals surface area contributed by atoms with Gasteiger partial charge in [0.2, 0.25) is 10.0 Å². The molecule has 0 bridgehead atoms. The number of hydrogen-bond donors (Lipinski definition) is 2. The van der Waals surface area contributed by atoms with Gasteiger partial charge in [-0.3, -0.25) is 0 Å². The summed E-state index contributed by atoms with van der Waals surface area (Å²) in [5, 5.41) is 0.749. The summed E-state index contributed by atoms with van der Waals surface area (Å²) in [7, 11) is -3.15. The fourth-order valence-corrected chi connectivity index (χ4v) is 6.01. The third-order valence-corrected chi connectivity index (χ3v) is 7.90. The van der Waals surface area contributed by atoms with Crippen molar-refractivity contribution in [1.29, 1.82) is 0 Å². The molecule has 0 heterocycles. The quantitative estimate of drug-likeness (QED) is 0.666. The summed E-state index contributed by atoms with van der Waals surface area (Å²) in [6, 6.07) is 14.7. The van der Waals surface area contributed by atoms with Crippen LogP contribution in [-0.2, 0) is 29.3 Å². The summed E-state index contributed by atoms with van der Waals surface area (Å²) >= 11 is 6.17. The van der Waals surface area contributed by atoms with E-state index in [1.807, 2.05) is 18.2 Å². The van der Waals surface area contributed by atoms with E-state index in [0.717, 1.165) is 42.7 Å². The molecule has 29 heavy (non-hydrogen) atoms. The van der Waals surface area contributed by atoms with Crippen molar-refractivity contribution in [3.63, 3.8) is 0 Å². The SMILES string of the molecule is NC1CCc2ccc(CCNS(=O)(=O)CC3CC3)cc2C1Cc1cccc(Cl)c1. The highest BCUT2D eigenvalue weighted by Gasteiger charge is 2.29. The monoisotopic (exact) mass is 432 g/mol. The molecule has 4 rings (SSSR count). The molecule has 0 amide bonds. The molecule has 2 aromatic rings. The highest BCUT2D eigenvalue weighted by molar-refractivity contribution is 7.89. The molecule has 156 valence electrons. The summed E-state index contributed by atoms with van der Waals surface area (Å²) in [5.74, 6) is 0.891. The molecule has 2 aromatic carbocycles. The van der Waals surface area contributed by atoms with Crippen molar-refractivity contribution in [3.05, 3.63) is 69.7 Å². The van der Waals surface area contributed by atoms with E-state index in [-0.39, 0.29) is 17.7 Å². The summed E-state index contributed by atoms with van der Waals surface area (Å²) in [6.45, 7) is 0.443. The predicted molar refractivity (Wildman–Crippen MR) is 119 cm³/mol. The van der Waals surface area contributed by atoms with Gasteiger partial charge >= 0.3 is 0 Å². The zero-order valence-corrected chi connectivity index (χ0v) is 18.2. The van der Waals surface area contributed by atoms with Crippen LogP contribution >= 0.6 is 11.6 Å². The first-order chi connectivity index (χ1) is 13.9. The van der Waals surface area contributed by atoms with Crippen LogP contribution in [0.2, 0.25) is 5.02 Å². The fraction of sp³-hybridized carbons (Fsp3) is 0.478. The van der Waals surface area contributed by atoms with Crippen LogP contribution < -0.4 is 10.5 Å². The van der Waals surface area contributed by atoms with Gasteiger partial charge in [-0.2, -0.15) is 0 Å². The standard InChI is InChI=1S/C23H29ClN2O2S/c24-20-3-1-2-18(12-20)14-22-21-13-16(6-7-19(21)8-9-23(22)25)10-11-26-29(27,28)15-17-4-5-17/h1-3,6-7,12-13,17,22-23,26H,4-5,8-11,14-15,25H2. The van der Waals surface area contributed by atoms with Gasteiger partial charge in [-0.1, -0.05) is 41.9 Å². The minimum Gasteiger partial charge on any atom is -0.327 e. The Labute approximate surface area is 178 Å². The Bertz CT molecular complexity index is 973. The number of rotatable bonds is 8. The fourth-order valence-electron chi connectivity index (χ4n) is 4.31. The van der Waals surface area contributed by atoms with Crippen molar-refractivity contribution in [1.82, 2.24) is 4.72 Å². The molecule has 1 saturated carbocycles. The van der Waals surface area contributed by atoms with Crippen LogP contribution in [0.25, 0.3) is 0 Å². The van der Waals surface area contributed by atoms with Gasteiger partial charge in [-0.05, 0) is 78.8 Å². The molecule has 2 aliphatic rings. The van der Waals surface area contributed by atoms with Gasteiger partial charge in [0.25, 0.3) is 0 Å². The normalized spacial score (nSPS) is 21.7. The topological polar surface area (TPSA) is 72.2 Å². The maximum Gasteiger partial charge on any atom is 0.211 e. The first kappa shape index (κ1) is 20.9. The highest BCUT2D eigenvalue weighted by atomic mass is 35.5. The molecule has 0 saturated heterocycles. The molecule has 0 radical (unpaired) electrons. The van der Waals surface area contributed by atoms with Gasteiger partial charge in [0, 0.05) is 23.5 Å². The van der Waals surface area contributed by atoms with Gasteiger partial charge in [0.1, 0.15) is 0 Å². The Morgan fingerprint density at radius 3 is 2.66 bits per heavy atom. The van der Waals surface area contributed by atoms with Crippen molar-refractivity contribution in [2.45, 2.75) is 50.5 Å². The van der Waals surface area contributed by atoms with E-state index in [1.165, 1.54) is 16.7 Å². The second kappa shape index (κ2) is 8.76. The minimum absolute atomic E-state index is 0.119. The minimum atomic E-state index is -3.15. The maximum atomic E-state index is 12.1. The Hall–Kier alpha value is -1.40. The van der Waals surface area contributed by atoms with Crippen LogP contribution in [0.5, 0.6) is 0 Å². The van der Waals surface area contributed by atoms with Crippen LogP contribution in [0.3, 0.4) is 0 Å². The Morgan fingerprint density at radius 2 is 1.90 bits per heavy atom. The van der Waals surface area contributed by atoms with Crippen LogP contribution in [0.4, 0.5) is 0 Å². The predicted octanol–water partition coefficient (Wildman–Crippen LogP) is 3.81. The zero-order chi connectivity index (χ0) is 20.4. The lowest BCUT2D eigenvalue weighted by Crippen LogP contribution is -2.34. The van der Waals surface area contributed by atoms with Crippen LogP contribution in [-0.4, -0.2) is 26.8 Å². The molecule has 2 unspecified atom stereocenters. The molecule has 4 nitrogen and oxygen atoms in total. The van der Waals surface area contributed by atoms with Gasteiger partial charge in [0.15, 0.2) is 0 Å². The van der Waals surface area contributed by atoms with E-state index in [2.05, 4.69) is 29.0 Å². The number of nitrogens with two attached hydrogens (primary N) is 1. The highest BCUT2D eigenvalue weighted by Crippen LogP contribution is 2.35. The molecular weight excluding hydrogens is 404 g/mol. The van der Waals surface area contributed by atoms with Crippen molar-refractivity contribution in [2.75, 3.05) is 12.3 Å². The molecular formula is C23H29ClN2O2S. The summed E-state index contributed by atoms with van der Waals surface area (Å²) in [5.41, 5.74) is 11.5. The van der Waals surface area contributed by atoms with Gasteiger partial charge in [0.05, 0.1) is 5.75 Å². The molecule has 2 atom stereocenters. The molecule has 3 N–H and O–H groups in total. The second-order valence-corrected chi connectivity index (χ2v) is 10.8. The van der Waals surface area contributed by atoms with Crippen molar-refractivity contribution < 1.29 is 8.42 Å². The lowest BCUT2D eigenvalue weighted by atomic mass is 9.76. The lowest BCUT2D eigenvalue weighted by molar-refractivity contribution is 0.467. The number of sulfonamides is 1. The van der Waals surface area contributed by atoms with E-state index in [0.29, 0.717) is 18.9 Å². The Morgan fingerprint density at radius 1 is 1.07 bits per heavy atom. The van der Waals surface area contributed by atoms with Gasteiger partial charge in [-0.25, -0.2) is 13.1 Å². The number of benzene rings is 2. The third kappa shape index (κ3) is 5.60. The molecule has 0 spiro atoms. The van der Waals surface area contributed by atoms with Crippen LogP contribution in [0, 0.1) is 5.92 Å². The van der Waals surface area contributed by atoms with Crippen LogP contribution in [0.1, 0.15) is 47.4 Å². The van der Waals surface area contributed by atoms with Crippen LogP contribution in [0.15, 0.2) is 42.5 Å². The van der Waals surface area contributed by atoms with Crippen molar-refractivity contribution in [3.8, 4) is 0 Å². The Balaban J connectivity index is 1.46. The second-order valence-electron chi connectivity index (χ2n) is 8.55. The number of hydrogen-bond acceptors (Lipinski definition) is 3. The first-order valence-electron chi connectivity index (χ1n) is 10.5. The van der Waals surface area contributed by atoms with E-state index in [1.54, 1.807) is 0 Å². The number of nitrogens with one attached hydrogen (secondary N) is 1. The van der Waals surface area contributed by atoms with E-state index < -0.39 is 10.0 Å². The molecule has 0 aliphatic heterocycles. The molecule has 6 heteroatoms. The van der Waals surface area contributed by atoms with Gasteiger partial charge in [-0.15, -0.1) is 0 Å². The first-order valence-corrected chi connectivity index (χ1v) is 12.5. The largest absolute Gasteiger partial charge is 0.327 e. The summed E-state index contributed by atoms with van der Waals surface area (Å²) in [6.07, 6.45) is 5.62. The smallest absolute Gasteiger partial charge is 0.211 e. The average molecular weight is 433 g/mol. The molecule has 1 fully saturated rings. The number of fused-ring (bicyclic) bond motifs is 1. The molecule has 0 aromatic heterocycles. The van der Waals surface area contributed by atoms with E-state index in [4.69, 9.17) is 17.3 Å². The van der Waals surface area contributed by atoms with Gasteiger partial charge < -0.3 is 5.73 Å². The lowest BCUT2D eigenvalue weighted by Gasteiger charge is -2.32. The third-order valence-electron chi connectivity index (χ3n) is 6.11. The summed E-state index contributed by atoms with van der Waals surface area (Å²) < 4.78 is 26.9. The summed E-state index contributed by atoms with van der Waals surface area (Å²) in [4.78, 5) is 0. The zero-order valence-electron chi connectivity index (χ0n) is 16.6. The van der Waals surface area contributed by atoms with Crippen molar-refractivity contribution in [2.24, 2.45) is 11.7 Å². The average Bonchev–Trinajstić information content (AvgIpc) is 3.47. The Kier molecular flexibility index (Phi) is 6.30. The van der Waals surface area contributed by atoms with E-state index in [9.17, 15) is 8.42 Å². The van der Waals surface area contributed by atoms with Crippen molar-refractivity contribution >= 4 is 21.6 Å². The molecule has 2 aliphatic carbocycles. The van der Waals surface area contributed by atoms with E-state index >= 15 is 0 Å². The maximum absolute atomic E-state index is 12.1. The number of aryl methyl sites for hydroxylation is 1. The number of halogens is 1.